The molecule has 1 amide bonds. The van der Waals surface area contributed by atoms with Crippen LogP contribution in [0.1, 0.15) is 6.92 Å². The average molecular weight is 327 g/mol. The first kappa shape index (κ1) is 16.9. The Morgan fingerprint density at radius 2 is 1.67 bits per heavy atom. The quantitative estimate of drug-likeness (QED) is 0.602. The molecule has 0 aliphatic rings. The number of carbonyl (C=O) groups is 1. The number of hydrogen-bond acceptors (Lipinski definition) is 4. The lowest BCUT2D eigenvalue weighted by Crippen LogP contribution is -2.06. The SMILES string of the molecule is CC(=O)Nc1ccc(N)cc1Cl.Nc1ccc(Cl)cc1N. The second-order valence-corrected chi connectivity index (χ2v) is 5.04. The zero-order valence-corrected chi connectivity index (χ0v) is 12.9. The third kappa shape index (κ3) is 5.81. The summed E-state index contributed by atoms with van der Waals surface area (Å²) in [4.78, 5) is 10.6. The third-order valence-electron chi connectivity index (χ3n) is 2.35. The van der Waals surface area contributed by atoms with Gasteiger partial charge in [0.1, 0.15) is 0 Å². The standard InChI is InChI=1S/C8H9ClN2O.C6H7ClN2/c1-5(12)11-8-3-2-6(10)4-7(8)9;7-4-1-2-5(8)6(9)3-4/h2-4H,10H2,1H3,(H,11,12);1-3H,8-9H2. The molecule has 0 aliphatic heterocycles. The molecular weight excluding hydrogens is 311 g/mol. The zero-order chi connectivity index (χ0) is 16.0. The Morgan fingerprint density at radius 3 is 2.14 bits per heavy atom. The summed E-state index contributed by atoms with van der Waals surface area (Å²) >= 11 is 11.4. The van der Waals surface area contributed by atoms with Gasteiger partial charge < -0.3 is 22.5 Å². The van der Waals surface area contributed by atoms with Crippen LogP contribution in [-0.4, -0.2) is 5.91 Å². The molecule has 0 unspecified atom stereocenters. The smallest absolute Gasteiger partial charge is 0.221 e. The summed E-state index contributed by atoms with van der Waals surface area (Å²) < 4.78 is 0. The van der Waals surface area contributed by atoms with Crippen LogP contribution < -0.4 is 22.5 Å². The Morgan fingerprint density at radius 1 is 1.00 bits per heavy atom. The van der Waals surface area contributed by atoms with Gasteiger partial charge in [0.15, 0.2) is 0 Å². The van der Waals surface area contributed by atoms with Gasteiger partial charge in [-0.2, -0.15) is 0 Å². The maximum absolute atomic E-state index is 10.6. The maximum atomic E-state index is 10.6. The van der Waals surface area contributed by atoms with Gasteiger partial charge >= 0.3 is 0 Å². The molecule has 0 aliphatic carbocycles. The number of nitrogen functional groups attached to an aromatic ring is 3. The molecule has 0 saturated carbocycles. The van der Waals surface area contributed by atoms with Crippen molar-refractivity contribution in [2.24, 2.45) is 0 Å². The minimum atomic E-state index is -0.151. The predicted octanol–water partition coefficient (Wildman–Crippen LogP) is 3.39. The van der Waals surface area contributed by atoms with Crippen LogP contribution >= 0.6 is 23.2 Å². The number of nitrogens with two attached hydrogens (primary N) is 3. The summed E-state index contributed by atoms with van der Waals surface area (Å²) in [6.45, 7) is 1.42. The van der Waals surface area contributed by atoms with E-state index in [0.717, 1.165) is 0 Å². The molecule has 0 heterocycles. The molecule has 5 nitrogen and oxygen atoms in total. The van der Waals surface area contributed by atoms with E-state index >= 15 is 0 Å². The van der Waals surface area contributed by atoms with Crippen LogP contribution in [0.4, 0.5) is 22.7 Å². The van der Waals surface area contributed by atoms with Gasteiger partial charge in [-0.3, -0.25) is 4.79 Å². The molecule has 0 bridgehead atoms. The summed E-state index contributed by atoms with van der Waals surface area (Å²) in [6, 6.07) is 9.94. The van der Waals surface area contributed by atoms with Crippen LogP contribution in [0.3, 0.4) is 0 Å². The van der Waals surface area contributed by atoms with E-state index in [1.807, 2.05) is 0 Å². The molecule has 2 rings (SSSR count). The number of amides is 1. The first-order chi connectivity index (χ1) is 9.79. The summed E-state index contributed by atoms with van der Waals surface area (Å²) in [6.07, 6.45) is 0. The molecule has 0 fully saturated rings. The summed E-state index contributed by atoms with van der Waals surface area (Å²) in [7, 11) is 0. The number of benzene rings is 2. The van der Waals surface area contributed by atoms with Crippen molar-refractivity contribution in [1.29, 1.82) is 0 Å². The van der Waals surface area contributed by atoms with Crippen LogP contribution in [0.15, 0.2) is 36.4 Å². The Hall–Kier alpha value is -2.11. The molecule has 0 spiro atoms. The van der Waals surface area contributed by atoms with E-state index in [0.29, 0.717) is 32.8 Å². The van der Waals surface area contributed by atoms with Crippen LogP contribution in [0.25, 0.3) is 0 Å². The van der Waals surface area contributed by atoms with E-state index in [2.05, 4.69) is 5.32 Å². The highest BCUT2D eigenvalue weighted by molar-refractivity contribution is 6.34. The molecule has 2 aromatic carbocycles. The van der Waals surface area contributed by atoms with Crippen LogP contribution in [-0.2, 0) is 4.79 Å². The molecule has 7 N–H and O–H groups in total. The van der Waals surface area contributed by atoms with E-state index in [9.17, 15) is 4.79 Å². The Kier molecular flexibility index (Phi) is 6.14. The highest BCUT2D eigenvalue weighted by Crippen LogP contribution is 2.23. The van der Waals surface area contributed by atoms with Crippen LogP contribution in [0.5, 0.6) is 0 Å². The van der Waals surface area contributed by atoms with Crippen molar-refractivity contribution in [3.05, 3.63) is 46.4 Å². The minimum absolute atomic E-state index is 0.151. The number of hydrogen-bond donors (Lipinski definition) is 4. The lowest BCUT2D eigenvalue weighted by Gasteiger charge is -2.04. The molecule has 112 valence electrons. The van der Waals surface area contributed by atoms with E-state index < -0.39 is 0 Å². The van der Waals surface area contributed by atoms with Gasteiger partial charge in [0.25, 0.3) is 0 Å². The van der Waals surface area contributed by atoms with E-state index in [1.54, 1.807) is 36.4 Å². The second-order valence-electron chi connectivity index (χ2n) is 4.19. The molecule has 0 saturated heterocycles. The van der Waals surface area contributed by atoms with Crippen molar-refractivity contribution in [2.75, 3.05) is 22.5 Å². The van der Waals surface area contributed by atoms with Crippen molar-refractivity contribution < 1.29 is 4.79 Å². The van der Waals surface area contributed by atoms with Gasteiger partial charge in [-0.1, -0.05) is 23.2 Å². The van der Waals surface area contributed by atoms with Gasteiger partial charge in [-0.25, -0.2) is 0 Å². The Balaban J connectivity index is 0.000000219. The monoisotopic (exact) mass is 326 g/mol. The fourth-order valence-corrected chi connectivity index (χ4v) is 1.78. The molecular formula is C14H16Cl2N4O. The van der Waals surface area contributed by atoms with Crippen molar-refractivity contribution >= 4 is 51.9 Å². The van der Waals surface area contributed by atoms with Crippen LogP contribution in [0, 0.1) is 0 Å². The summed E-state index contributed by atoms with van der Waals surface area (Å²) in [5.41, 5.74) is 18.5. The third-order valence-corrected chi connectivity index (χ3v) is 2.90. The highest BCUT2D eigenvalue weighted by atomic mass is 35.5. The van der Waals surface area contributed by atoms with Crippen LogP contribution in [0.2, 0.25) is 10.0 Å². The van der Waals surface area contributed by atoms with E-state index in [1.165, 1.54) is 6.92 Å². The molecule has 7 heteroatoms. The number of halogens is 2. The average Bonchev–Trinajstić information content (AvgIpc) is 2.38. The number of rotatable bonds is 1. The minimum Gasteiger partial charge on any atom is -0.399 e. The van der Waals surface area contributed by atoms with Gasteiger partial charge in [0.05, 0.1) is 22.1 Å². The molecule has 0 atom stereocenters. The fraction of sp³-hybridized carbons (Fsp3) is 0.0714. The van der Waals surface area contributed by atoms with Gasteiger partial charge in [-0.05, 0) is 36.4 Å². The van der Waals surface area contributed by atoms with E-state index in [-0.39, 0.29) is 5.91 Å². The van der Waals surface area contributed by atoms with E-state index in [4.69, 9.17) is 40.4 Å². The fourth-order valence-electron chi connectivity index (χ4n) is 1.37. The lowest BCUT2D eigenvalue weighted by atomic mass is 10.3. The topological polar surface area (TPSA) is 107 Å². The van der Waals surface area contributed by atoms with Crippen molar-refractivity contribution in [2.45, 2.75) is 6.92 Å². The largest absolute Gasteiger partial charge is 0.399 e. The normalized spacial score (nSPS) is 9.48. The zero-order valence-electron chi connectivity index (χ0n) is 11.4. The highest BCUT2D eigenvalue weighted by Gasteiger charge is 2.00. The van der Waals surface area contributed by atoms with Crippen molar-refractivity contribution in [3.63, 3.8) is 0 Å². The van der Waals surface area contributed by atoms with Crippen molar-refractivity contribution in [3.8, 4) is 0 Å². The number of nitrogens with one attached hydrogen (secondary N) is 1. The second kappa shape index (κ2) is 7.61. The number of carbonyl (C=O) groups excluding carboxylic acids is 1. The lowest BCUT2D eigenvalue weighted by molar-refractivity contribution is -0.114. The van der Waals surface area contributed by atoms with Gasteiger partial charge in [0.2, 0.25) is 5.91 Å². The van der Waals surface area contributed by atoms with Gasteiger partial charge in [0, 0.05) is 17.6 Å². The predicted molar refractivity (Wildman–Crippen MR) is 90.4 cm³/mol. The molecule has 0 radical (unpaired) electrons. The molecule has 21 heavy (non-hydrogen) atoms. The summed E-state index contributed by atoms with van der Waals surface area (Å²) in [5, 5.41) is 3.64. The number of anilines is 4. The van der Waals surface area contributed by atoms with Crippen molar-refractivity contribution in [1.82, 2.24) is 0 Å². The summed E-state index contributed by atoms with van der Waals surface area (Å²) in [5.74, 6) is -0.151. The maximum Gasteiger partial charge on any atom is 0.221 e. The first-order valence-electron chi connectivity index (χ1n) is 5.92. The van der Waals surface area contributed by atoms with Gasteiger partial charge in [-0.15, -0.1) is 0 Å². The first-order valence-corrected chi connectivity index (χ1v) is 6.68. The molecule has 0 aromatic heterocycles. The Labute approximate surface area is 133 Å². The molecule has 2 aromatic rings. The Bertz CT molecular complexity index is 647.